The molecule has 13 heavy (non-hydrogen) atoms. The largest absolute Gasteiger partial charge is 0.341 e. The van der Waals surface area contributed by atoms with Crippen LogP contribution in [0.15, 0.2) is 0 Å². The number of Topliss-reactive ketones (excluding diaryl/α,β-unsaturated/α-hetero) is 1. The van der Waals surface area contributed by atoms with E-state index in [-0.39, 0.29) is 6.42 Å². The van der Waals surface area contributed by atoms with E-state index in [4.69, 9.17) is 0 Å². The van der Waals surface area contributed by atoms with Crippen molar-refractivity contribution in [3.8, 4) is 0 Å². The summed E-state index contributed by atoms with van der Waals surface area (Å²) in [5, 5.41) is -1.09. The zero-order valence-corrected chi connectivity index (χ0v) is 8.26. The maximum absolute atomic E-state index is 10.9. The van der Waals surface area contributed by atoms with Gasteiger partial charge in [-0.3, -0.25) is 9.59 Å². The lowest BCUT2D eigenvalue weighted by Crippen LogP contribution is -2.36. The summed E-state index contributed by atoms with van der Waals surface area (Å²) in [7, 11) is 0. The van der Waals surface area contributed by atoms with Gasteiger partial charge in [-0.25, -0.2) is 4.79 Å². The van der Waals surface area contributed by atoms with E-state index in [2.05, 4.69) is 17.5 Å². The average molecular weight is 205 g/mol. The normalized spacial score (nSPS) is 11.6. The number of nitrogens with one attached hydrogen (secondary N) is 1. The summed E-state index contributed by atoms with van der Waals surface area (Å²) >= 11 is 3.70. The number of hydrogen-bond donors (Lipinski definition) is 2. The zero-order valence-electron chi connectivity index (χ0n) is 7.36. The quantitative estimate of drug-likeness (QED) is 0.382. The standard InChI is InChI=1S/C7H11NO4S/c1-3-5(10)12-8-7(11)6(13)4(2)9/h6,13H,3H2,1-2H3,(H,8,11). The first kappa shape index (κ1) is 12.0. The Morgan fingerprint density at radius 3 is 2.38 bits per heavy atom. The van der Waals surface area contributed by atoms with Crippen LogP contribution in [0.2, 0.25) is 0 Å². The molecule has 0 saturated carbocycles. The second-order valence-electron chi connectivity index (χ2n) is 2.31. The number of carbonyl (C=O) groups is 3. The van der Waals surface area contributed by atoms with Crippen molar-refractivity contribution >= 4 is 30.3 Å². The molecule has 0 aliphatic rings. The van der Waals surface area contributed by atoms with Gasteiger partial charge in [0.2, 0.25) is 0 Å². The Morgan fingerprint density at radius 1 is 1.46 bits per heavy atom. The van der Waals surface area contributed by atoms with E-state index in [1.807, 2.05) is 5.48 Å². The number of thiol groups is 1. The van der Waals surface area contributed by atoms with Gasteiger partial charge in [0.1, 0.15) is 5.25 Å². The molecule has 6 heteroatoms. The highest BCUT2D eigenvalue weighted by atomic mass is 32.1. The van der Waals surface area contributed by atoms with E-state index in [0.29, 0.717) is 0 Å². The highest BCUT2D eigenvalue weighted by Gasteiger charge is 2.19. The van der Waals surface area contributed by atoms with E-state index >= 15 is 0 Å². The highest BCUT2D eigenvalue weighted by Crippen LogP contribution is 1.96. The molecule has 0 aromatic heterocycles. The van der Waals surface area contributed by atoms with Crippen molar-refractivity contribution in [2.24, 2.45) is 0 Å². The van der Waals surface area contributed by atoms with Crippen molar-refractivity contribution in [3.05, 3.63) is 0 Å². The molecule has 0 bridgehead atoms. The molecule has 0 saturated heterocycles. The molecule has 0 spiro atoms. The van der Waals surface area contributed by atoms with Crippen LogP contribution >= 0.6 is 12.6 Å². The molecule has 0 aromatic carbocycles. The van der Waals surface area contributed by atoms with Gasteiger partial charge < -0.3 is 4.84 Å². The lowest BCUT2D eigenvalue weighted by Gasteiger charge is -2.07. The van der Waals surface area contributed by atoms with Crippen molar-refractivity contribution in [1.82, 2.24) is 5.48 Å². The molecule has 1 atom stereocenters. The molecule has 0 fully saturated rings. The van der Waals surface area contributed by atoms with Crippen LogP contribution in [0, 0.1) is 0 Å². The van der Waals surface area contributed by atoms with Crippen LogP contribution in [0.4, 0.5) is 0 Å². The minimum absolute atomic E-state index is 0.150. The molecule has 1 amide bonds. The van der Waals surface area contributed by atoms with Crippen molar-refractivity contribution in [2.45, 2.75) is 25.5 Å². The number of hydroxylamine groups is 1. The predicted molar refractivity (Wildman–Crippen MR) is 48.0 cm³/mol. The fourth-order valence-corrected chi connectivity index (χ4v) is 0.473. The molecule has 5 nitrogen and oxygen atoms in total. The first-order chi connectivity index (χ1) is 5.99. The third-order valence-corrected chi connectivity index (χ3v) is 1.79. The molecule has 0 rings (SSSR count). The topological polar surface area (TPSA) is 72.5 Å². The summed E-state index contributed by atoms with van der Waals surface area (Å²) in [4.78, 5) is 36.4. The van der Waals surface area contributed by atoms with Crippen molar-refractivity contribution in [3.63, 3.8) is 0 Å². The van der Waals surface area contributed by atoms with Crippen molar-refractivity contribution in [1.29, 1.82) is 0 Å². The lowest BCUT2D eigenvalue weighted by molar-refractivity contribution is -0.158. The van der Waals surface area contributed by atoms with Gasteiger partial charge >= 0.3 is 5.97 Å². The number of amides is 1. The lowest BCUT2D eigenvalue weighted by atomic mass is 10.3. The summed E-state index contributed by atoms with van der Waals surface area (Å²) in [5.41, 5.74) is 1.83. The Balaban J connectivity index is 3.88. The molecule has 0 aliphatic carbocycles. The molecule has 74 valence electrons. The van der Waals surface area contributed by atoms with E-state index in [1.54, 1.807) is 6.92 Å². The number of ketones is 1. The van der Waals surface area contributed by atoms with E-state index in [1.165, 1.54) is 6.92 Å². The van der Waals surface area contributed by atoms with Crippen LogP contribution in [-0.4, -0.2) is 22.9 Å². The van der Waals surface area contributed by atoms with Gasteiger partial charge in [0, 0.05) is 6.42 Å². The Morgan fingerprint density at radius 2 is 2.00 bits per heavy atom. The maximum Gasteiger partial charge on any atom is 0.331 e. The van der Waals surface area contributed by atoms with Gasteiger partial charge in [0.25, 0.3) is 5.91 Å². The third-order valence-electron chi connectivity index (χ3n) is 1.19. The highest BCUT2D eigenvalue weighted by molar-refractivity contribution is 7.82. The monoisotopic (exact) mass is 205 g/mol. The molecule has 1 unspecified atom stereocenters. The smallest absolute Gasteiger partial charge is 0.331 e. The first-order valence-electron chi connectivity index (χ1n) is 3.67. The van der Waals surface area contributed by atoms with Crippen molar-refractivity contribution < 1.29 is 19.2 Å². The van der Waals surface area contributed by atoms with Crippen LogP contribution in [0.5, 0.6) is 0 Å². The number of rotatable bonds is 3. The first-order valence-corrected chi connectivity index (χ1v) is 4.18. The average Bonchev–Trinajstić information content (AvgIpc) is 2.11. The third kappa shape index (κ3) is 4.51. The Bertz CT molecular complexity index is 229. The van der Waals surface area contributed by atoms with Crippen molar-refractivity contribution in [2.75, 3.05) is 0 Å². The summed E-state index contributed by atoms with van der Waals surface area (Å²) in [6, 6.07) is 0. The molecule has 0 heterocycles. The maximum atomic E-state index is 10.9. The Kier molecular flexibility index (Phi) is 5.13. The minimum Gasteiger partial charge on any atom is -0.341 e. The summed E-state index contributed by atoms with van der Waals surface area (Å²) in [6.07, 6.45) is 0.150. The van der Waals surface area contributed by atoms with Crippen LogP contribution in [0.3, 0.4) is 0 Å². The second-order valence-corrected chi connectivity index (χ2v) is 2.82. The Hall–Kier alpha value is -1.04. The molecular formula is C7H11NO4S. The molecule has 0 aromatic rings. The number of hydrogen-bond acceptors (Lipinski definition) is 5. The fraction of sp³-hybridized carbons (Fsp3) is 0.571. The summed E-state index contributed by atoms with van der Waals surface area (Å²) in [6.45, 7) is 2.80. The van der Waals surface area contributed by atoms with E-state index in [9.17, 15) is 14.4 Å². The van der Waals surface area contributed by atoms with Gasteiger partial charge in [0.05, 0.1) is 0 Å². The zero-order chi connectivity index (χ0) is 10.4. The molecule has 1 N–H and O–H groups in total. The summed E-state index contributed by atoms with van der Waals surface area (Å²) < 4.78 is 0. The molecule has 0 aliphatic heterocycles. The van der Waals surface area contributed by atoms with Gasteiger partial charge in [-0.05, 0) is 6.92 Å². The fourth-order valence-electron chi connectivity index (χ4n) is 0.420. The molecule has 0 radical (unpaired) electrons. The van der Waals surface area contributed by atoms with Gasteiger partial charge in [-0.2, -0.15) is 18.1 Å². The van der Waals surface area contributed by atoms with Gasteiger partial charge in [-0.15, -0.1) is 0 Å². The molecular weight excluding hydrogens is 194 g/mol. The summed E-state index contributed by atoms with van der Waals surface area (Å²) in [5.74, 6) is -1.72. The number of carbonyl (C=O) groups excluding carboxylic acids is 3. The minimum atomic E-state index is -1.09. The van der Waals surface area contributed by atoms with Gasteiger partial charge in [0.15, 0.2) is 5.78 Å². The van der Waals surface area contributed by atoms with Crippen LogP contribution in [0.1, 0.15) is 20.3 Å². The van der Waals surface area contributed by atoms with Crippen LogP contribution in [0.25, 0.3) is 0 Å². The SMILES string of the molecule is CCC(=O)ONC(=O)C(S)C(C)=O. The van der Waals surface area contributed by atoms with Crippen LogP contribution < -0.4 is 5.48 Å². The van der Waals surface area contributed by atoms with Crippen LogP contribution in [-0.2, 0) is 19.2 Å². The Labute approximate surface area is 81.2 Å². The van der Waals surface area contributed by atoms with Gasteiger partial charge in [-0.1, -0.05) is 6.92 Å². The predicted octanol–water partition coefficient (Wildman–Crippen LogP) is -0.142. The van der Waals surface area contributed by atoms with E-state index in [0.717, 1.165) is 0 Å². The van der Waals surface area contributed by atoms with E-state index < -0.39 is 22.9 Å². The second kappa shape index (κ2) is 5.58.